The van der Waals surface area contributed by atoms with Gasteiger partial charge < -0.3 is 14.4 Å². The second-order valence-electron chi connectivity index (χ2n) is 5.25. The van der Waals surface area contributed by atoms with E-state index in [1.165, 1.54) is 0 Å². The van der Waals surface area contributed by atoms with Crippen molar-refractivity contribution in [2.75, 3.05) is 0 Å². The summed E-state index contributed by atoms with van der Waals surface area (Å²) in [6.45, 7) is 3.63. The molecular weight excluding hydrogens is 258 g/mol. The highest BCUT2D eigenvalue weighted by molar-refractivity contribution is 5.93. The van der Waals surface area contributed by atoms with Crippen molar-refractivity contribution in [2.24, 2.45) is 7.05 Å². The van der Waals surface area contributed by atoms with Crippen molar-refractivity contribution in [2.45, 2.75) is 38.6 Å². The van der Waals surface area contributed by atoms with Crippen LogP contribution in [0.5, 0.6) is 0 Å². The molecule has 0 aliphatic heterocycles. The second-order valence-corrected chi connectivity index (χ2v) is 5.25. The summed E-state index contributed by atoms with van der Waals surface area (Å²) >= 11 is 0. The maximum Gasteiger partial charge on any atom is 0.270 e. The zero-order chi connectivity index (χ0) is 14.3. The molecule has 2 aromatic heterocycles. The number of imidazole rings is 1. The summed E-state index contributed by atoms with van der Waals surface area (Å²) in [5.74, 6) is 1.44. The number of rotatable bonds is 4. The molecule has 1 amide bonds. The Morgan fingerprint density at radius 3 is 2.90 bits per heavy atom. The maximum absolute atomic E-state index is 12.2. The number of nitrogens with zero attached hydrogens (tertiary/aromatic N) is 4. The third-order valence-electron chi connectivity index (χ3n) is 3.45. The molecule has 1 aliphatic rings. The van der Waals surface area contributed by atoms with Crippen LogP contribution < -0.4 is 5.32 Å². The molecule has 2 heterocycles. The molecule has 0 aromatic carbocycles. The van der Waals surface area contributed by atoms with Gasteiger partial charge in [-0.25, -0.2) is 4.98 Å². The fourth-order valence-electron chi connectivity index (χ4n) is 2.13. The highest BCUT2D eigenvalue weighted by Gasteiger charge is 2.30. The van der Waals surface area contributed by atoms with Crippen LogP contribution in [0.4, 0.5) is 0 Å². The molecular formula is C13H17N5O2. The standard InChI is InChI=1S/C13H17N5O2/c1-7-10(18(3)6-14-7)12(19)15-8(2)13-16-11(17-20-13)9-4-5-9/h6,8-9H,4-5H2,1-3H3,(H,15,19). The molecule has 0 spiro atoms. The van der Waals surface area contributed by atoms with E-state index in [0.717, 1.165) is 18.7 Å². The lowest BCUT2D eigenvalue weighted by atomic mass is 10.2. The van der Waals surface area contributed by atoms with E-state index >= 15 is 0 Å². The van der Waals surface area contributed by atoms with Crippen LogP contribution in [0.3, 0.4) is 0 Å². The average Bonchev–Trinajstić information content (AvgIpc) is 3.03. The van der Waals surface area contributed by atoms with Crippen LogP contribution >= 0.6 is 0 Å². The van der Waals surface area contributed by atoms with Gasteiger partial charge in [0.1, 0.15) is 11.7 Å². The van der Waals surface area contributed by atoms with Gasteiger partial charge >= 0.3 is 0 Å². The molecule has 1 atom stereocenters. The van der Waals surface area contributed by atoms with E-state index in [9.17, 15) is 4.79 Å². The Bertz CT molecular complexity index is 621. The summed E-state index contributed by atoms with van der Waals surface area (Å²) in [6, 6.07) is -0.322. The smallest absolute Gasteiger partial charge is 0.270 e. The van der Waals surface area contributed by atoms with Crippen molar-refractivity contribution < 1.29 is 9.32 Å². The van der Waals surface area contributed by atoms with Gasteiger partial charge in [-0.2, -0.15) is 4.98 Å². The monoisotopic (exact) mass is 275 g/mol. The van der Waals surface area contributed by atoms with E-state index < -0.39 is 0 Å². The minimum Gasteiger partial charge on any atom is -0.339 e. The van der Waals surface area contributed by atoms with Crippen LogP contribution in [0.15, 0.2) is 10.9 Å². The Labute approximate surface area is 116 Å². The number of amides is 1. The molecule has 0 bridgehead atoms. The number of hydrogen-bond acceptors (Lipinski definition) is 5. The Kier molecular flexibility index (Phi) is 3.04. The number of carbonyl (C=O) groups excluding carboxylic acids is 1. The first-order chi connectivity index (χ1) is 9.56. The highest BCUT2D eigenvalue weighted by Crippen LogP contribution is 2.38. The van der Waals surface area contributed by atoms with E-state index in [0.29, 0.717) is 23.2 Å². The maximum atomic E-state index is 12.2. The van der Waals surface area contributed by atoms with Gasteiger partial charge in [0.15, 0.2) is 5.82 Å². The van der Waals surface area contributed by atoms with E-state index in [1.54, 1.807) is 24.9 Å². The summed E-state index contributed by atoms with van der Waals surface area (Å²) in [5, 5.41) is 6.81. The fourth-order valence-corrected chi connectivity index (χ4v) is 2.13. The van der Waals surface area contributed by atoms with Gasteiger partial charge in [-0.05, 0) is 26.7 Å². The van der Waals surface area contributed by atoms with Crippen molar-refractivity contribution in [3.8, 4) is 0 Å². The zero-order valence-electron chi connectivity index (χ0n) is 11.8. The number of hydrogen-bond donors (Lipinski definition) is 1. The quantitative estimate of drug-likeness (QED) is 0.913. The first kappa shape index (κ1) is 12.8. The van der Waals surface area contributed by atoms with Crippen molar-refractivity contribution in [3.63, 3.8) is 0 Å². The molecule has 1 fully saturated rings. The van der Waals surface area contributed by atoms with Crippen LogP contribution in [-0.2, 0) is 7.05 Å². The molecule has 1 aliphatic carbocycles. The SMILES string of the molecule is Cc1ncn(C)c1C(=O)NC(C)c1nc(C2CC2)no1. The van der Waals surface area contributed by atoms with Gasteiger partial charge in [-0.3, -0.25) is 4.79 Å². The lowest BCUT2D eigenvalue weighted by Crippen LogP contribution is -2.29. The molecule has 7 nitrogen and oxygen atoms in total. The minimum absolute atomic E-state index is 0.193. The van der Waals surface area contributed by atoms with Crippen molar-refractivity contribution in [1.29, 1.82) is 0 Å². The predicted molar refractivity (Wildman–Crippen MR) is 70.1 cm³/mol. The van der Waals surface area contributed by atoms with Gasteiger partial charge in [0, 0.05) is 13.0 Å². The lowest BCUT2D eigenvalue weighted by molar-refractivity contribution is 0.0923. The summed E-state index contributed by atoms with van der Waals surface area (Å²) in [7, 11) is 1.79. The first-order valence-corrected chi connectivity index (χ1v) is 6.68. The Morgan fingerprint density at radius 2 is 2.30 bits per heavy atom. The number of carbonyl (C=O) groups is 1. The molecule has 1 unspecified atom stereocenters. The number of aromatic nitrogens is 4. The van der Waals surface area contributed by atoms with Crippen LogP contribution in [0, 0.1) is 6.92 Å². The molecule has 7 heteroatoms. The summed E-state index contributed by atoms with van der Waals surface area (Å²) in [5.41, 5.74) is 1.24. The first-order valence-electron chi connectivity index (χ1n) is 6.68. The van der Waals surface area contributed by atoms with Gasteiger partial charge in [0.25, 0.3) is 5.91 Å². The number of nitrogens with one attached hydrogen (secondary N) is 1. The lowest BCUT2D eigenvalue weighted by Gasteiger charge is -2.10. The van der Waals surface area contributed by atoms with Gasteiger partial charge in [0.2, 0.25) is 5.89 Å². The Balaban J connectivity index is 1.71. The molecule has 20 heavy (non-hydrogen) atoms. The predicted octanol–water partition coefficient (Wildman–Crippen LogP) is 1.48. The van der Waals surface area contributed by atoms with Gasteiger partial charge in [0.05, 0.1) is 12.0 Å². The van der Waals surface area contributed by atoms with Crippen LogP contribution in [0.2, 0.25) is 0 Å². The molecule has 1 saturated carbocycles. The van der Waals surface area contributed by atoms with Crippen LogP contribution in [0.1, 0.15) is 59.6 Å². The molecule has 0 saturated heterocycles. The van der Waals surface area contributed by atoms with Gasteiger partial charge in [-0.1, -0.05) is 5.16 Å². The largest absolute Gasteiger partial charge is 0.339 e. The third-order valence-corrected chi connectivity index (χ3v) is 3.45. The van der Waals surface area contributed by atoms with E-state index in [2.05, 4.69) is 20.4 Å². The van der Waals surface area contributed by atoms with E-state index in [-0.39, 0.29) is 11.9 Å². The van der Waals surface area contributed by atoms with Crippen molar-refractivity contribution >= 4 is 5.91 Å². The molecule has 1 N–H and O–H groups in total. The normalized spacial score (nSPS) is 16.1. The Hall–Kier alpha value is -2.18. The zero-order valence-corrected chi connectivity index (χ0v) is 11.8. The average molecular weight is 275 g/mol. The fraction of sp³-hybridized carbons (Fsp3) is 0.538. The van der Waals surface area contributed by atoms with Crippen LogP contribution in [0.25, 0.3) is 0 Å². The summed E-state index contributed by atoms with van der Waals surface area (Å²) in [4.78, 5) is 20.7. The van der Waals surface area contributed by atoms with Gasteiger partial charge in [-0.15, -0.1) is 0 Å². The number of aryl methyl sites for hydroxylation is 2. The van der Waals surface area contributed by atoms with Crippen molar-refractivity contribution in [3.05, 3.63) is 29.4 Å². The van der Waals surface area contributed by atoms with Crippen LogP contribution in [-0.4, -0.2) is 25.6 Å². The second kappa shape index (κ2) is 4.73. The highest BCUT2D eigenvalue weighted by atomic mass is 16.5. The molecule has 2 aromatic rings. The topological polar surface area (TPSA) is 85.8 Å². The van der Waals surface area contributed by atoms with E-state index in [1.807, 2.05) is 6.92 Å². The van der Waals surface area contributed by atoms with E-state index in [4.69, 9.17) is 4.52 Å². The minimum atomic E-state index is -0.322. The molecule has 106 valence electrons. The summed E-state index contributed by atoms with van der Waals surface area (Å²) < 4.78 is 6.90. The Morgan fingerprint density at radius 1 is 1.55 bits per heavy atom. The molecule has 0 radical (unpaired) electrons. The van der Waals surface area contributed by atoms with Crippen molar-refractivity contribution in [1.82, 2.24) is 25.0 Å². The summed E-state index contributed by atoms with van der Waals surface area (Å²) in [6.07, 6.45) is 3.86. The molecule has 3 rings (SSSR count). The third kappa shape index (κ3) is 2.31.